The van der Waals surface area contributed by atoms with Crippen LogP contribution in [0.2, 0.25) is 0 Å². The summed E-state index contributed by atoms with van der Waals surface area (Å²) < 4.78 is 0. The van der Waals surface area contributed by atoms with E-state index >= 15 is 0 Å². The highest BCUT2D eigenvalue weighted by Gasteiger charge is 2.39. The minimum atomic E-state index is 0.0483. The highest BCUT2D eigenvalue weighted by atomic mass is 16.3. The highest BCUT2D eigenvalue weighted by Crippen LogP contribution is 2.50. The summed E-state index contributed by atoms with van der Waals surface area (Å²) in [5, 5.41) is 23.0. The molecule has 0 radical (unpaired) electrons. The topological polar surface area (TPSA) is 40.5 Å². The molecule has 2 fully saturated rings. The minimum Gasteiger partial charge on any atom is -0.507 e. The monoisotopic (exact) mass is 448 g/mol. The molecule has 2 aromatic carbocycles. The molecule has 2 saturated carbocycles. The van der Waals surface area contributed by atoms with Crippen molar-refractivity contribution in [2.75, 3.05) is 0 Å². The first kappa shape index (κ1) is 24.2. The highest BCUT2D eigenvalue weighted by molar-refractivity contribution is 5.54. The van der Waals surface area contributed by atoms with Crippen LogP contribution in [0.5, 0.6) is 11.5 Å². The van der Waals surface area contributed by atoms with Gasteiger partial charge in [-0.05, 0) is 62.0 Å². The van der Waals surface area contributed by atoms with Crippen molar-refractivity contribution in [3.05, 3.63) is 57.6 Å². The quantitative estimate of drug-likeness (QED) is 0.482. The van der Waals surface area contributed by atoms with Crippen molar-refractivity contribution in [1.29, 1.82) is 0 Å². The molecule has 0 heterocycles. The fraction of sp³-hybridized carbons (Fsp3) is 0.613. The predicted octanol–water partition coefficient (Wildman–Crippen LogP) is 8.39. The lowest BCUT2D eigenvalue weighted by Gasteiger charge is -2.42. The second-order valence-corrected chi connectivity index (χ2v) is 11.8. The molecule has 4 rings (SSSR count). The van der Waals surface area contributed by atoms with E-state index in [0.717, 1.165) is 47.9 Å². The van der Waals surface area contributed by atoms with Crippen LogP contribution in [0.4, 0.5) is 0 Å². The van der Waals surface area contributed by atoms with Gasteiger partial charge in [-0.1, -0.05) is 94.7 Å². The fourth-order valence-electron chi connectivity index (χ4n) is 6.96. The molecule has 2 N–H and O–H groups in total. The summed E-state index contributed by atoms with van der Waals surface area (Å²) in [6, 6.07) is 8.67. The zero-order valence-corrected chi connectivity index (χ0v) is 21.6. The number of aromatic hydroxyl groups is 2. The maximum Gasteiger partial charge on any atom is 0.122 e. The molecule has 2 heteroatoms. The standard InChI is InChI=1S/C31H44O2/c1-21(2)31(14-10-7-11-15-31)27-19-23(4)17-25(29(27)33)20-24-16-22(3)18-26(28(24)32)30(5)12-8-6-9-13-30/h16-19,21,32-33H,6-15,20H2,1-5H3. The van der Waals surface area contributed by atoms with Crippen LogP contribution in [0.1, 0.15) is 118 Å². The van der Waals surface area contributed by atoms with Crippen LogP contribution in [-0.4, -0.2) is 10.2 Å². The third-order valence-corrected chi connectivity index (χ3v) is 9.04. The molecule has 0 aliphatic heterocycles. The van der Waals surface area contributed by atoms with Gasteiger partial charge < -0.3 is 10.2 Å². The van der Waals surface area contributed by atoms with Crippen molar-refractivity contribution < 1.29 is 10.2 Å². The number of rotatable bonds is 5. The van der Waals surface area contributed by atoms with Crippen LogP contribution >= 0.6 is 0 Å². The van der Waals surface area contributed by atoms with Crippen molar-refractivity contribution in [2.45, 2.75) is 116 Å². The van der Waals surface area contributed by atoms with E-state index in [-0.39, 0.29) is 10.8 Å². The number of benzene rings is 2. The van der Waals surface area contributed by atoms with E-state index in [1.54, 1.807) is 0 Å². The predicted molar refractivity (Wildman–Crippen MR) is 139 cm³/mol. The van der Waals surface area contributed by atoms with Gasteiger partial charge in [0.1, 0.15) is 11.5 Å². The number of aryl methyl sites for hydroxylation is 2. The maximum atomic E-state index is 11.6. The SMILES string of the molecule is Cc1cc(Cc2cc(C)cc(C3(C(C)C)CCCCC3)c2O)c(O)c(C2(C)CCCCC2)c1. The molecule has 2 aliphatic carbocycles. The number of phenols is 2. The normalized spacial score (nSPS) is 20.2. The molecule has 0 aromatic heterocycles. The summed E-state index contributed by atoms with van der Waals surface area (Å²) in [7, 11) is 0. The lowest BCUT2D eigenvalue weighted by Crippen LogP contribution is -2.35. The van der Waals surface area contributed by atoms with E-state index < -0.39 is 0 Å². The van der Waals surface area contributed by atoms with Crippen LogP contribution < -0.4 is 0 Å². The molecule has 0 atom stereocenters. The van der Waals surface area contributed by atoms with E-state index in [1.807, 2.05) is 0 Å². The summed E-state index contributed by atoms with van der Waals surface area (Å²) in [4.78, 5) is 0. The smallest absolute Gasteiger partial charge is 0.122 e. The molecular formula is C31H44O2. The van der Waals surface area contributed by atoms with Gasteiger partial charge in [0.15, 0.2) is 0 Å². The van der Waals surface area contributed by atoms with Crippen LogP contribution in [0.3, 0.4) is 0 Å². The number of phenolic OH excluding ortho intramolecular Hbond substituents is 2. The molecule has 2 nitrogen and oxygen atoms in total. The van der Waals surface area contributed by atoms with Crippen molar-refractivity contribution in [1.82, 2.24) is 0 Å². The second-order valence-electron chi connectivity index (χ2n) is 11.8. The van der Waals surface area contributed by atoms with Gasteiger partial charge in [-0.3, -0.25) is 0 Å². The molecule has 0 bridgehead atoms. The Hall–Kier alpha value is -1.96. The fourth-order valence-corrected chi connectivity index (χ4v) is 6.96. The number of hydrogen-bond donors (Lipinski definition) is 2. The van der Waals surface area contributed by atoms with Crippen molar-refractivity contribution >= 4 is 0 Å². The molecule has 2 aliphatic rings. The molecule has 33 heavy (non-hydrogen) atoms. The Morgan fingerprint density at radius 3 is 1.67 bits per heavy atom. The Labute approximate surface area is 201 Å². The summed E-state index contributed by atoms with van der Waals surface area (Å²) in [6.45, 7) is 11.2. The van der Waals surface area contributed by atoms with Crippen LogP contribution in [0.15, 0.2) is 24.3 Å². The van der Waals surface area contributed by atoms with Gasteiger partial charge in [0.2, 0.25) is 0 Å². The summed E-state index contributed by atoms with van der Waals surface area (Å²) in [6.07, 6.45) is 12.7. The zero-order valence-electron chi connectivity index (χ0n) is 21.6. The first-order chi connectivity index (χ1) is 15.7. The Kier molecular flexibility index (Phi) is 6.85. The molecule has 180 valence electrons. The van der Waals surface area contributed by atoms with Gasteiger partial charge in [-0.15, -0.1) is 0 Å². The summed E-state index contributed by atoms with van der Waals surface area (Å²) in [5.41, 5.74) is 6.65. The van der Waals surface area contributed by atoms with Crippen LogP contribution in [0, 0.1) is 19.8 Å². The molecule has 0 spiro atoms. The average molecular weight is 449 g/mol. The van der Waals surface area contributed by atoms with Gasteiger partial charge in [-0.25, -0.2) is 0 Å². The largest absolute Gasteiger partial charge is 0.507 e. The van der Waals surface area contributed by atoms with Gasteiger partial charge in [-0.2, -0.15) is 0 Å². The molecule has 0 amide bonds. The first-order valence-corrected chi connectivity index (χ1v) is 13.3. The van der Waals surface area contributed by atoms with Gasteiger partial charge in [0, 0.05) is 23.0 Å². The Bertz CT molecular complexity index is 988. The van der Waals surface area contributed by atoms with E-state index in [4.69, 9.17) is 0 Å². The van der Waals surface area contributed by atoms with E-state index in [2.05, 4.69) is 58.9 Å². The Morgan fingerprint density at radius 1 is 0.697 bits per heavy atom. The van der Waals surface area contributed by atoms with Crippen molar-refractivity contribution in [2.24, 2.45) is 5.92 Å². The van der Waals surface area contributed by atoms with Crippen LogP contribution in [0.25, 0.3) is 0 Å². The minimum absolute atomic E-state index is 0.0483. The van der Waals surface area contributed by atoms with Gasteiger partial charge in [0.25, 0.3) is 0 Å². The van der Waals surface area contributed by atoms with E-state index in [9.17, 15) is 10.2 Å². The summed E-state index contributed by atoms with van der Waals surface area (Å²) >= 11 is 0. The number of hydrogen-bond acceptors (Lipinski definition) is 2. The van der Waals surface area contributed by atoms with Crippen molar-refractivity contribution in [3.63, 3.8) is 0 Å². The third-order valence-electron chi connectivity index (χ3n) is 9.04. The second kappa shape index (κ2) is 9.35. The van der Waals surface area contributed by atoms with Gasteiger partial charge in [0.05, 0.1) is 0 Å². The Balaban J connectivity index is 1.76. The van der Waals surface area contributed by atoms with Gasteiger partial charge >= 0.3 is 0 Å². The molecule has 0 unspecified atom stereocenters. The molecule has 2 aromatic rings. The lowest BCUT2D eigenvalue weighted by atomic mass is 9.62. The van der Waals surface area contributed by atoms with Crippen molar-refractivity contribution in [3.8, 4) is 11.5 Å². The Morgan fingerprint density at radius 2 is 1.15 bits per heavy atom. The van der Waals surface area contributed by atoms with Crippen LogP contribution in [-0.2, 0) is 17.3 Å². The third kappa shape index (κ3) is 4.55. The summed E-state index contributed by atoms with van der Waals surface area (Å²) in [5.74, 6) is 1.40. The molecular weight excluding hydrogens is 404 g/mol. The molecule has 0 saturated heterocycles. The lowest BCUT2D eigenvalue weighted by molar-refractivity contribution is 0.210. The maximum absolute atomic E-state index is 11.6. The van der Waals surface area contributed by atoms with E-state index in [1.165, 1.54) is 49.7 Å². The first-order valence-electron chi connectivity index (χ1n) is 13.3. The van der Waals surface area contributed by atoms with E-state index in [0.29, 0.717) is 23.8 Å². The average Bonchev–Trinajstić information content (AvgIpc) is 2.79. The zero-order chi connectivity index (χ0) is 23.8.